The lowest BCUT2D eigenvalue weighted by Gasteiger charge is -2.32. The number of benzene rings is 1. The van der Waals surface area contributed by atoms with Crippen LogP contribution in [-0.2, 0) is 0 Å². The summed E-state index contributed by atoms with van der Waals surface area (Å²) in [6, 6.07) is 10.6. The van der Waals surface area contributed by atoms with Gasteiger partial charge in [-0.15, -0.1) is 0 Å². The standard InChI is InChI=1S/C20H21NO/c22-16-17-12-14-20(15-13-17)21(19-10-6-3-7-11-19)18-8-4-1-2-5-9-18/h1-12,14-15,17-18,22H,13,16H2. The molecule has 112 valence electrons. The second-order valence-electron chi connectivity index (χ2n) is 5.52. The Morgan fingerprint density at radius 3 is 2.27 bits per heavy atom. The van der Waals surface area contributed by atoms with Crippen molar-refractivity contribution in [1.82, 2.24) is 0 Å². The van der Waals surface area contributed by atoms with E-state index in [0.717, 1.165) is 6.42 Å². The average Bonchev–Trinajstić information content (AvgIpc) is 2.86. The number of anilines is 1. The zero-order valence-electron chi connectivity index (χ0n) is 12.5. The van der Waals surface area contributed by atoms with Gasteiger partial charge in [0.05, 0.1) is 6.04 Å². The molecular formula is C20H21NO. The highest BCUT2D eigenvalue weighted by Gasteiger charge is 2.19. The molecule has 1 aromatic carbocycles. The first-order valence-corrected chi connectivity index (χ1v) is 7.73. The predicted octanol–water partition coefficient (Wildman–Crippen LogP) is 4.00. The molecule has 0 saturated carbocycles. The van der Waals surface area contributed by atoms with E-state index in [1.807, 2.05) is 18.2 Å². The molecule has 0 aliphatic heterocycles. The minimum atomic E-state index is 0.180. The molecule has 0 aromatic heterocycles. The highest BCUT2D eigenvalue weighted by molar-refractivity contribution is 5.58. The fourth-order valence-corrected chi connectivity index (χ4v) is 2.77. The van der Waals surface area contributed by atoms with Gasteiger partial charge in [0, 0.05) is 23.9 Å². The maximum absolute atomic E-state index is 9.29. The summed E-state index contributed by atoms with van der Waals surface area (Å²) in [4.78, 5) is 2.32. The highest BCUT2D eigenvalue weighted by atomic mass is 16.3. The van der Waals surface area contributed by atoms with Crippen molar-refractivity contribution in [2.75, 3.05) is 11.5 Å². The van der Waals surface area contributed by atoms with E-state index in [2.05, 4.69) is 71.7 Å². The van der Waals surface area contributed by atoms with Crippen LogP contribution in [0.3, 0.4) is 0 Å². The van der Waals surface area contributed by atoms with E-state index in [1.54, 1.807) is 0 Å². The molecule has 3 rings (SSSR count). The summed E-state index contributed by atoms with van der Waals surface area (Å²) in [5.74, 6) is 0.239. The molecule has 0 heterocycles. The van der Waals surface area contributed by atoms with Crippen LogP contribution >= 0.6 is 0 Å². The van der Waals surface area contributed by atoms with Crippen LogP contribution in [0, 0.1) is 5.92 Å². The summed E-state index contributed by atoms with van der Waals surface area (Å²) >= 11 is 0. The maximum Gasteiger partial charge on any atom is 0.0712 e. The van der Waals surface area contributed by atoms with Crippen LogP contribution in [0.2, 0.25) is 0 Å². The van der Waals surface area contributed by atoms with Gasteiger partial charge in [-0.2, -0.15) is 0 Å². The number of hydrogen-bond acceptors (Lipinski definition) is 2. The molecular weight excluding hydrogens is 270 g/mol. The summed E-state index contributed by atoms with van der Waals surface area (Å²) in [5, 5.41) is 9.29. The zero-order valence-corrected chi connectivity index (χ0v) is 12.5. The Morgan fingerprint density at radius 1 is 0.955 bits per heavy atom. The number of aliphatic hydroxyl groups excluding tert-OH is 1. The topological polar surface area (TPSA) is 23.5 Å². The Bertz CT molecular complexity index is 621. The van der Waals surface area contributed by atoms with Gasteiger partial charge in [0.2, 0.25) is 0 Å². The fourth-order valence-electron chi connectivity index (χ4n) is 2.77. The summed E-state index contributed by atoms with van der Waals surface area (Å²) < 4.78 is 0. The third kappa shape index (κ3) is 3.29. The predicted molar refractivity (Wildman–Crippen MR) is 92.5 cm³/mol. The van der Waals surface area contributed by atoms with Crippen molar-refractivity contribution in [3.8, 4) is 0 Å². The molecule has 0 spiro atoms. The molecule has 2 aliphatic carbocycles. The molecule has 0 bridgehead atoms. The lowest BCUT2D eigenvalue weighted by atomic mass is 9.98. The number of nitrogens with zero attached hydrogens (tertiary/aromatic N) is 1. The van der Waals surface area contributed by atoms with E-state index in [4.69, 9.17) is 0 Å². The van der Waals surface area contributed by atoms with Crippen LogP contribution in [0.1, 0.15) is 6.42 Å². The van der Waals surface area contributed by atoms with Crippen molar-refractivity contribution in [2.24, 2.45) is 5.92 Å². The van der Waals surface area contributed by atoms with Crippen LogP contribution in [0.25, 0.3) is 0 Å². The average molecular weight is 291 g/mol. The minimum Gasteiger partial charge on any atom is -0.396 e. The summed E-state index contributed by atoms with van der Waals surface area (Å²) in [5.41, 5.74) is 2.35. The number of hydrogen-bond donors (Lipinski definition) is 1. The lowest BCUT2D eigenvalue weighted by Crippen LogP contribution is -2.32. The van der Waals surface area contributed by atoms with E-state index < -0.39 is 0 Å². The molecule has 2 heteroatoms. The Kier molecular flexibility index (Phi) is 4.71. The van der Waals surface area contributed by atoms with E-state index >= 15 is 0 Å². The largest absolute Gasteiger partial charge is 0.396 e. The number of para-hydroxylation sites is 1. The van der Waals surface area contributed by atoms with E-state index in [0.29, 0.717) is 0 Å². The van der Waals surface area contributed by atoms with Crippen molar-refractivity contribution in [1.29, 1.82) is 0 Å². The van der Waals surface area contributed by atoms with Crippen molar-refractivity contribution in [2.45, 2.75) is 12.5 Å². The summed E-state index contributed by atoms with van der Waals surface area (Å²) in [6.07, 6.45) is 20.0. The molecule has 2 nitrogen and oxygen atoms in total. The van der Waals surface area contributed by atoms with Crippen molar-refractivity contribution >= 4 is 5.69 Å². The van der Waals surface area contributed by atoms with E-state index in [1.165, 1.54) is 11.4 Å². The van der Waals surface area contributed by atoms with Crippen molar-refractivity contribution in [3.05, 3.63) is 90.7 Å². The molecule has 22 heavy (non-hydrogen) atoms. The smallest absolute Gasteiger partial charge is 0.0712 e. The lowest BCUT2D eigenvalue weighted by molar-refractivity contribution is 0.253. The van der Waals surface area contributed by atoms with Crippen LogP contribution in [0.5, 0.6) is 0 Å². The number of allylic oxidation sites excluding steroid dienone is 6. The van der Waals surface area contributed by atoms with Gasteiger partial charge in [-0.05, 0) is 24.6 Å². The Labute approximate surface area is 132 Å². The summed E-state index contributed by atoms with van der Waals surface area (Å²) in [7, 11) is 0. The Balaban J connectivity index is 1.94. The van der Waals surface area contributed by atoms with Crippen LogP contribution < -0.4 is 4.90 Å². The molecule has 0 radical (unpaired) electrons. The van der Waals surface area contributed by atoms with Gasteiger partial charge in [0.1, 0.15) is 0 Å². The van der Waals surface area contributed by atoms with E-state index in [9.17, 15) is 5.11 Å². The third-order valence-corrected chi connectivity index (χ3v) is 3.96. The van der Waals surface area contributed by atoms with Gasteiger partial charge in [-0.3, -0.25) is 0 Å². The molecule has 2 aliphatic rings. The van der Waals surface area contributed by atoms with Gasteiger partial charge in [-0.1, -0.05) is 66.8 Å². The molecule has 1 aromatic rings. The SMILES string of the molecule is OCC1C=CC(N(c2ccccc2)C2C=CC=CC=C2)=CC1. The minimum absolute atomic E-state index is 0.180. The van der Waals surface area contributed by atoms with Crippen LogP contribution in [-0.4, -0.2) is 17.8 Å². The van der Waals surface area contributed by atoms with Crippen molar-refractivity contribution < 1.29 is 5.11 Å². The monoisotopic (exact) mass is 291 g/mol. The van der Waals surface area contributed by atoms with Crippen LogP contribution in [0.4, 0.5) is 5.69 Å². The second-order valence-corrected chi connectivity index (χ2v) is 5.52. The number of aliphatic hydroxyl groups is 1. The molecule has 0 amide bonds. The first-order chi connectivity index (χ1) is 10.9. The first kappa shape index (κ1) is 14.6. The van der Waals surface area contributed by atoms with Gasteiger partial charge in [0.15, 0.2) is 0 Å². The Morgan fingerprint density at radius 2 is 1.68 bits per heavy atom. The normalized spacial score (nSPS) is 20.8. The van der Waals surface area contributed by atoms with E-state index in [-0.39, 0.29) is 18.6 Å². The molecule has 1 unspecified atom stereocenters. The molecule has 1 N–H and O–H groups in total. The second kappa shape index (κ2) is 7.10. The molecule has 0 fully saturated rings. The maximum atomic E-state index is 9.29. The molecule has 1 atom stereocenters. The highest BCUT2D eigenvalue weighted by Crippen LogP contribution is 2.28. The molecule has 0 saturated heterocycles. The fraction of sp³-hybridized carbons (Fsp3) is 0.200. The van der Waals surface area contributed by atoms with Gasteiger partial charge in [0.25, 0.3) is 0 Å². The van der Waals surface area contributed by atoms with Gasteiger partial charge in [-0.25, -0.2) is 0 Å². The van der Waals surface area contributed by atoms with Gasteiger partial charge < -0.3 is 10.0 Å². The van der Waals surface area contributed by atoms with Crippen LogP contribution in [0.15, 0.2) is 90.7 Å². The quantitative estimate of drug-likeness (QED) is 0.906. The third-order valence-electron chi connectivity index (χ3n) is 3.96. The summed E-state index contributed by atoms with van der Waals surface area (Å²) in [6.45, 7) is 0.207. The van der Waals surface area contributed by atoms with Crippen molar-refractivity contribution in [3.63, 3.8) is 0 Å². The number of rotatable bonds is 4. The first-order valence-electron chi connectivity index (χ1n) is 7.73. The Hall–Kier alpha value is -2.32. The van der Waals surface area contributed by atoms with Gasteiger partial charge >= 0.3 is 0 Å². The zero-order chi connectivity index (χ0) is 15.2.